The molecule has 0 spiro atoms. The van der Waals surface area contributed by atoms with E-state index in [4.69, 9.17) is 5.73 Å². The molecule has 0 bridgehead atoms. The van der Waals surface area contributed by atoms with Crippen molar-refractivity contribution in [2.45, 2.75) is 32.1 Å². The van der Waals surface area contributed by atoms with Gasteiger partial charge in [-0.15, -0.1) is 0 Å². The molecule has 1 aliphatic carbocycles. The summed E-state index contributed by atoms with van der Waals surface area (Å²) in [6, 6.07) is 5.48. The van der Waals surface area contributed by atoms with Crippen LogP contribution >= 0.6 is 0 Å². The number of hydrogen-bond acceptors (Lipinski definition) is 1. The van der Waals surface area contributed by atoms with Crippen LogP contribution in [0.5, 0.6) is 0 Å². The zero-order valence-corrected chi connectivity index (χ0v) is 9.17. The van der Waals surface area contributed by atoms with Gasteiger partial charge in [0.15, 0.2) is 0 Å². The number of hydrogen-bond donors (Lipinski definition) is 1. The zero-order valence-electron chi connectivity index (χ0n) is 9.17. The second-order valence-corrected chi connectivity index (χ2v) is 4.54. The molecule has 15 heavy (non-hydrogen) atoms. The van der Waals surface area contributed by atoms with E-state index in [0.29, 0.717) is 11.8 Å². The van der Waals surface area contributed by atoms with Gasteiger partial charge >= 0.3 is 0 Å². The molecule has 2 atom stereocenters. The maximum Gasteiger partial charge on any atom is 0.126 e. The SMILES string of the molecule is Cc1cc(C2CCCC2CN)ccc1F. The summed E-state index contributed by atoms with van der Waals surface area (Å²) in [7, 11) is 0. The van der Waals surface area contributed by atoms with Crippen molar-refractivity contribution < 1.29 is 4.39 Å². The molecule has 1 saturated carbocycles. The molecule has 1 aromatic rings. The van der Waals surface area contributed by atoms with E-state index in [-0.39, 0.29) is 5.82 Å². The Balaban J connectivity index is 2.25. The fourth-order valence-electron chi connectivity index (χ4n) is 2.66. The Morgan fingerprint density at radius 2 is 2.20 bits per heavy atom. The van der Waals surface area contributed by atoms with Crippen molar-refractivity contribution in [3.8, 4) is 0 Å². The first kappa shape index (κ1) is 10.6. The summed E-state index contributed by atoms with van der Waals surface area (Å²) in [5, 5.41) is 0. The summed E-state index contributed by atoms with van der Waals surface area (Å²) in [4.78, 5) is 0. The van der Waals surface area contributed by atoms with Gasteiger partial charge in [0.05, 0.1) is 0 Å². The molecule has 2 N–H and O–H groups in total. The van der Waals surface area contributed by atoms with Crippen molar-refractivity contribution in [2.24, 2.45) is 11.7 Å². The minimum absolute atomic E-state index is 0.110. The molecule has 0 radical (unpaired) electrons. The average molecular weight is 207 g/mol. The van der Waals surface area contributed by atoms with Crippen LogP contribution in [0.4, 0.5) is 4.39 Å². The van der Waals surface area contributed by atoms with Gasteiger partial charge in [0.1, 0.15) is 5.82 Å². The van der Waals surface area contributed by atoms with Gasteiger partial charge in [-0.3, -0.25) is 0 Å². The molecular weight excluding hydrogens is 189 g/mol. The fraction of sp³-hybridized carbons (Fsp3) is 0.538. The lowest BCUT2D eigenvalue weighted by molar-refractivity contribution is 0.495. The van der Waals surface area contributed by atoms with Crippen LogP contribution < -0.4 is 5.73 Å². The Labute approximate surface area is 90.5 Å². The van der Waals surface area contributed by atoms with Crippen molar-refractivity contribution in [3.05, 3.63) is 35.1 Å². The van der Waals surface area contributed by atoms with Crippen LogP contribution in [-0.2, 0) is 0 Å². The van der Waals surface area contributed by atoms with Crippen LogP contribution in [0.1, 0.15) is 36.3 Å². The molecule has 0 heterocycles. The van der Waals surface area contributed by atoms with Gasteiger partial charge in [-0.1, -0.05) is 18.6 Å². The molecule has 2 heteroatoms. The maximum absolute atomic E-state index is 13.1. The van der Waals surface area contributed by atoms with Gasteiger partial charge < -0.3 is 5.73 Å². The maximum atomic E-state index is 13.1. The van der Waals surface area contributed by atoms with E-state index in [9.17, 15) is 4.39 Å². The van der Waals surface area contributed by atoms with Crippen LogP contribution in [0.15, 0.2) is 18.2 Å². The predicted molar refractivity (Wildman–Crippen MR) is 60.3 cm³/mol. The fourth-order valence-corrected chi connectivity index (χ4v) is 2.66. The van der Waals surface area contributed by atoms with E-state index < -0.39 is 0 Å². The minimum Gasteiger partial charge on any atom is -0.330 e. The second-order valence-electron chi connectivity index (χ2n) is 4.54. The lowest BCUT2D eigenvalue weighted by Gasteiger charge is -2.18. The molecule has 82 valence electrons. The first-order valence-corrected chi connectivity index (χ1v) is 5.68. The molecule has 2 unspecified atom stereocenters. The lowest BCUT2D eigenvalue weighted by Crippen LogP contribution is -2.17. The molecule has 1 fully saturated rings. The van der Waals surface area contributed by atoms with E-state index in [2.05, 4.69) is 0 Å². The number of benzene rings is 1. The Bertz CT molecular complexity index is 348. The Morgan fingerprint density at radius 1 is 1.40 bits per heavy atom. The summed E-state index contributed by atoms with van der Waals surface area (Å²) in [6.45, 7) is 2.58. The smallest absolute Gasteiger partial charge is 0.126 e. The zero-order chi connectivity index (χ0) is 10.8. The summed E-state index contributed by atoms with van der Waals surface area (Å²) < 4.78 is 13.1. The Morgan fingerprint density at radius 3 is 2.87 bits per heavy atom. The van der Waals surface area contributed by atoms with Crippen LogP contribution in [0.25, 0.3) is 0 Å². The third kappa shape index (κ3) is 2.05. The minimum atomic E-state index is -0.110. The topological polar surface area (TPSA) is 26.0 Å². The standard InChI is InChI=1S/C13H18FN/c1-9-7-10(5-6-13(9)14)12-4-2-3-11(12)8-15/h5-7,11-12H,2-4,8,15H2,1H3. The van der Waals surface area contributed by atoms with Crippen molar-refractivity contribution in [2.75, 3.05) is 6.54 Å². The van der Waals surface area contributed by atoms with Crippen LogP contribution in [0.2, 0.25) is 0 Å². The van der Waals surface area contributed by atoms with E-state index >= 15 is 0 Å². The predicted octanol–water partition coefficient (Wildman–Crippen LogP) is 2.98. The highest BCUT2D eigenvalue weighted by Gasteiger charge is 2.27. The average Bonchev–Trinajstić information content (AvgIpc) is 2.70. The third-order valence-electron chi connectivity index (χ3n) is 3.57. The van der Waals surface area contributed by atoms with Crippen molar-refractivity contribution >= 4 is 0 Å². The monoisotopic (exact) mass is 207 g/mol. The molecule has 0 amide bonds. The van der Waals surface area contributed by atoms with Crippen molar-refractivity contribution in [1.82, 2.24) is 0 Å². The molecule has 2 rings (SSSR count). The molecule has 0 saturated heterocycles. The summed E-state index contributed by atoms with van der Waals surface area (Å²) >= 11 is 0. The highest BCUT2D eigenvalue weighted by Crippen LogP contribution is 2.39. The molecule has 0 aromatic heterocycles. The Hall–Kier alpha value is -0.890. The Kier molecular flexibility index (Phi) is 3.06. The summed E-state index contributed by atoms with van der Waals surface area (Å²) in [5.74, 6) is 1.03. The van der Waals surface area contributed by atoms with E-state index in [1.54, 1.807) is 6.07 Å². The molecule has 0 aliphatic heterocycles. The van der Waals surface area contributed by atoms with Crippen LogP contribution in [-0.4, -0.2) is 6.54 Å². The quantitative estimate of drug-likeness (QED) is 0.792. The first-order valence-electron chi connectivity index (χ1n) is 5.68. The second kappa shape index (κ2) is 4.31. The molecule has 1 aromatic carbocycles. The van der Waals surface area contributed by atoms with E-state index in [1.165, 1.54) is 24.8 Å². The number of rotatable bonds is 2. The number of nitrogens with two attached hydrogens (primary N) is 1. The van der Waals surface area contributed by atoms with E-state index in [0.717, 1.165) is 12.1 Å². The number of aryl methyl sites for hydroxylation is 1. The van der Waals surface area contributed by atoms with Crippen LogP contribution in [0.3, 0.4) is 0 Å². The van der Waals surface area contributed by atoms with Crippen LogP contribution in [0, 0.1) is 18.7 Å². The highest BCUT2D eigenvalue weighted by molar-refractivity contribution is 5.28. The first-order chi connectivity index (χ1) is 7.22. The highest BCUT2D eigenvalue weighted by atomic mass is 19.1. The van der Waals surface area contributed by atoms with Gasteiger partial charge in [0, 0.05) is 0 Å². The third-order valence-corrected chi connectivity index (χ3v) is 3.57. The lowest BCUT2D eigenvalue weighted by atomic mass is 9.88. The van der Waals surface area contributed by atoms with Crippen molar-refractivity contribution in [3.63, 3.8) is 0 Å². The normalized spacial score (nSPS) is 25.8. The summed E-state index contributed by atoms with van der Waals surface area (Å²) in [5.41, 5.74) is 7.77. The number of halogens is 1. The van der Waals surface area contributed by atoms with Gasteiger partial charge in [-0.05, 0) is 55.3 Å². The largest absolute Gasteiger partial charge is 0.330 e. The molecule has 1 aliphatic rings. The van der Waals surface area contributed by atoms with E-state index in [1.807, 2.05) is 19.1 Å². The van der Waals surface area contributed by atoms with Crippen molar-refractivity contribution in [1.29, 1.82) is 0 Å². The van der Waals surface area contributed by atoms with Gasteiger partial charge in [0.25, 0.3) is 0 Å². The van der Waals surface area contributed by atoms with Gasteiger partial charge in [0.2, 0.25) is 0 Å². The van der Waals surface area contributed by atoms with Gasteiger partial charge in [-0.25, -0.2) is 4.39 Å². The summed E-state index contributed by atoms with van der Waals surface area (Å²) in [6.07, 6.45) is 3.67. The van der Waals surface area contributed by atoms with Gasteiger partial charge in [-0.2, -0.15) is 0 Å². The molecule has 1 nitrogen and oxygen atoms in total. The molecular formula is C13H18FN.